The maximum absolute atomic E-state index is 10.5. The third kappa shape index (κ3) is 3.21. The van der Waals surface area contributed by atoms with Crippen molar-refractivity contribution in [2.24, 2.45) is 17.8 Å². The number of ether oxygens (including phenoxy) is 1. The van der Waals surface area contributed by atoms with Crippen molar-refractivity contribution in [3.63, 3.8) is 0 Å². The molecule has 96 valence electrons. The maximum atomic E-state index is 10.5. The van der Waals surface area contributed by atoms with Crippen molar-refractivity contribution in [2.75, 3.05) is 7.11 Å². The molecule has 4 atom stereocenters. The maximum Gasteiger partial charge on any atom is 0.0855 e. The third-order valence-electron chi connectivity index (χ3n) is 4.20. The summed E-state index contributed by atoms with van der Waals surface area (Å²) < 4.78 is 5.47. The molecule has 0 aromatic heterocycles. The molecule has 0 spiro atoms. The number of aliphatic hydroxyl groups is 1. The molecule has 0 aliphatic heterocycles. The van der Waals surface area contributed by atoms with Crippen molar-refractivity contribution in [1.29, 1.82) is 0 Å². The van der Waals surface area contributed by atoms with Gasteiger partial charge in [0.05, 0.1) is 12.2 Å². The van der Waals surface area contributed by atoms with Crippen LogP contribution in [0.2, 0.25) is 0 Å². The number of rotatable bonds is 5. The van der Waals surface area contributed by atoms with Crippen molar-refractivity contribution < 1.29 is 9.84 Å². The van der Waals surface area contributed by atoms with E-state index in [0.717, 1.165) is 0 Å². The zero-order chi connectivity index (χ0) is 12.1. The van der Waals surface area contributed by atoms with Crippen LogP contribution in [0.3, 0.4) is 0 Å². The average molecular weight is 228 g/mol. The number of aliphatic hydroxyl groups excluding tert-OH is 1. The van der Waals surface area contributed by atoms with Crippen LogP contribution < -0.4 is 0 Å². The van der Waals surface area contributed by atoms with Gasteiger partial charge in [-0.15, -0.1) is 0 Å². The Balaban J connectivity index is 2.65. The summed E-state index contributed by atoms with van der Waals surface area (Å²) in [6, 6.07) is 0. The summed E-state index contributed by atoms with van der Waals surface area (Å²) in [5, 5.41) is 10.5. The number of methoxy groups -OCH3 is 1. The van der Waals surface area contributed by atoms with Crippen molar-refractivity contribution in [1.82, 2.24) is 0 Å². The van der Waals surface area contributed by atoms with Crippen LogP contribution >= 0.6 is 0 Å². The van der Waals surface area contributed by atoms with Crippen molar-refractivity contribution in [2.45, 2.75) is 65.1 Å². The Hall–Kier alpha value is -0.0800. The molecular weight excluding hydrogens is 200 g/mol. The first-order chi connectivity index (χ1) is 7.61. The minimum absolute atomic E-state index is 0.00264. The summed E-state index contributed by atoms with van der Waals surface area (Å²) in [4.78, 5) is 0. The molecule has 1 N–H and O–H groups in total. The molecule has 1 fully saturated rings. The van der Waals surface area contributed by atoms with Crippen LogP contribution in [0.1, 0.15) is 52.9 Å². The van der Waals surface area contributed by atoms with Crippen LogP contribution in [0.25, 0.3) is 0 Å². The molecule has 16 heavy (non-hydrogen) atoms. The van der Waals surface area contributed by atoms with E-state index in [9.17, 15) is 5.11 Å². The second-order valence-electron chi connectivity index (χ2n) is 5.55. The lowest BCUT2D eigenvalue weighted by molar-refractivity contribution is -0.0833. The molecule has 0 aromatic carbocycles. The van der Waals surface area contributed by atoms with Crippen LogP contribution in [0.4, 0.5) is 0 Å². The molecule has 0 radical (unpaired) electrons. The van der Waals surface area contributed by atoms with Crippen LogP contribution in [0.15, 0.2) is 0 Å². The topological polar surface area (TPSA) is 29.5 Å². The first kappa shape index (κ1) is 14.0. The minimum Gasteiger partial charge on any atom is -0.390 e. The van der Waals surface area contributed by atoms with Gasteiger partial charge in [-0.25, -0.2) is 0 Å². The van der Waals surface area contributed by atoms with E-state index in [0.29, 0.717) is 17.8 Å². The highest BCUT2D eigenvalue weighted by atomic mass is 16.5. The number of hydrogen-bond donors (Lipinski definition) is 1. The molecule has 1 aliphatic carbocycles. The quantitative estimate of drug-likeness (QED) is 0.783. The second-order valence-corrected chi connectivity index (χ2v) is 5.55. The normalized spacial score (nSPS) is 30.4. The van der Waals surface area contributed by atoms with Gasteiger partial charge in [0.15, 0.2) is 0 Å². The lowest BCUT2D eigenvalue weighted by Crippen LogP contribution is -2.42. The van der Waals surface area contributed by atoms with E-state index in [4.69, 9.17) is 4.74 Å². The van der Waals surface area contributed by atoms with Crippen LogP contribution in [-0.2, 0) is 4.74 Å². The molecule has 2 heteroatoms. The fourth-order valence-corrected chi connectivity index (χ4v) is 3.24. The Morgan fingerprint density at radius 1 is 1.25 bits per heavy atom. The van der Waals surface area contributed by atoms with Gasteiger partial charge in [-0.05, 0) is 24.2 Å². The first-order valence-corrected chi connectivity index (χ1v) is 6.82. The van der Waals surface area contributed by atoms with Crippen LogP contribution in [0.5, 0.6) is 0 Å². The van der Waals surface area contributed by atoms with Gasteiger partial charge >= 0.3 is 0 Å². The molecule has 2 nitrogen and oxygen atoms in total. The Labute approximate surface area is 100 Å². The summed E-state index contributed by atoms with van der Waals surface area (Å²) in [5.74, 6) is 1.53. The van der Waals surface area contributed by atoms with Crippen LogP contribution in [0, 0.1) is 17.8 Å². The smallest absolute Gasteiger partial charge is 0.0855 e. The lowest BCUT2D eigenvalue weighted by atomic mass is 9.72. The van der Waals surface area contributed by atoms with Crippen molar-refractivity contribution in [3.8, 4) is 0 Å². The monoisotopic (exact) mass is 228 g/mol. The Kier molecular flexibility index (Phi) is 5.77. The lowest BCUT2D eigenvalue weighted by Gasteiger charge is -2.38. The molecule has 4 unspecified atom stereocenters. The van der Waals surface area contributed by atoms with E-state index in [2.05, 4.69) is 20.8 Å². The standard InChI is InChI=1S/C14H28O2/c1-5-11-8-6-7-9-12(11)13(15)14(16-4)10(2)3/h10-15H,5-9H2,1-4H3. The van der Waals surface area contributed by atoms with E-state index in [1.165, 1.54) is 32.1 Å². The predicted octanol–water partition coefficient (Wildman–Crippen LogP) is 3.23. The van der Waals surface area contributed by atoms with Gasteiger partial charge in [0.25, 0.3) is 0 Å². The third-order valence-corrected chi connectivity index (χ3v) is 4.20. The summed E-state index contributed by atoms with van der Waals surface area (Å²) in [7, 11) is 1.72. The molecule has 1 saturated carbocycles. The van der Waals surface area contributed by atoms with E-state index < -0.39 is 0 Å². The van der Waals surface area contributed by atoms with Crippen molar-refractivity contribution >= 4 is 0 Å². The Morgan fingerprint density at radius 2 is 1.88 bits per heavy atom. The zero-order valence-electron chi connectivity index (χ0n) is 11.3. The summed E-state index contributed by atoms with van der Waals surface area (Å²) in [6.45, 7) is 6.50. The summed E-state index contributed by atoms with van der Waals surface area (Å²) in [5.41, 5.74) is 0. The first-order valence-electron chi connectivity index (χ1n) is 6.82. The van der Waals surface area contributed by atoms with Gasteiger partial charge < -0.3 is 9.84 Å². The highest BCUT2D eigenvalue weighted by molar-refractivity contribution is 4.85. The molecule has 0 amide bonds. The summed E-state index contributed by atoms with van der Waals surface area (Å²) in [6.07, 6.45) is 5.97. The highest BCUT2D eigenvalue weighted by Gasteiger charge is 2.35. The molecule has 0 heterocycles. The van der Waals surface area contributed by atoms with Gasteiger partial charge in [-0.2, -0.15) is 0 Å². The van der Waals surface area contributed by atoms with E-state index in [1.807, 2.05) is 0 Å². The number of hydrogen-bond acceptors (Lipinski definition) is 2. The molecule has 1 aliphatic rings. The molecule has 0 bridgehead atoms. The SMILES string of the molecule is CCC1CCCCC1C(O)C(OC)C(C)C. The largest absolute Gasteiger partial charge is 0.390 e. The predicted molar refractivity (Wildman–Crippen MR) is 67.4 cm³/mol. The molecular formula is C14H28O2. The van der Waals surface area contributed by atoms with Gasteiger partial charge in [-0.3, -0.25) is 0 Å². The zero-order valence-corrected chi connectivity index (χ0v) is 11.3. The fraction of sp³-hybridized carbons (Fsp3) is 1.00. The van der Waals surface area contributed by atoms with Gasteiger partial charge in [0.1, 0.15) is 0 Å². The molecule has 1 rings (SSSR count). The summed E-state index contributed by atoms with van der Waals surface area (Å²) >= 11 is 0. The van der Waals surface area contributed by atoms with Gasteiger partial charge in [0.2, 0.25) is 0 Å². The average Bonchev–Trinajstić information content (AvgIpc) is 2.29. The Morgan fingerprint density at radius 3 is 2.38 bits per heavy atom. The van der Waals surface area contributed by atoms with Crippen molar-refractivity contribution in [3.05, 3.63) is 0 Å². The fourth-order valence-electron chi connectivity index (χ4n) is 3.24. The minimum atomic E-state index is -0.282. The van der Waals surface area contributed by atoms with Crippen LogP contribution in [-0.4, -0.2) is 24.4 Å². The van der Waals surface area contributed by atoms with E-state index >= 15 is 0 Å². The Bertz CT molecular complexity index is 191. The van der Waals surface area contributed by atoms with E-state index in [1.54, 1.807) is 7.11 Å². The van der Waals surface area contributed by atoms with Gasteiger partial charge in [-0.1, -0.05) is 46.5 Å². The highest BCUT2D eigenvalue weighted by Crippen LogP contribution is 2.36. The van der Waals surface area contributed by atoms with Gasteiger partial charge in [0, 0.05) is 7.11 Å². The second kappa shape index (κ2) is 6.61. The molecule has 0 saturated heterocycles. The van der Waals surface area contributed by atoms with E-state index in [-0.39, 0.29) is 12.2 Å². The molecule has 0 aromatic rings.